The van der Waals surface area contributed by atoms with Gasteiger partial charge >= 0.3 is 5.97 Å². The Kier molecular flexibility index (Phi) is 3.88. The topological polar surface area (TPSA) is 75.6 Å². The number of hydrogen-bond acceptors (Lipinski definition) is 3. The average molecular weight is 223 g/mol. The molecule has 16 heavy (non-hydrogen) atoms. The molecule has 5 nitrogen and oxygen atoms in total. The van der Waals surface area contributed by atoms with E-state index in [2.05, 4.69) is 5.32 Å². The Hall–Kier alpha value is -2.04. The van der Waals surface area contributed by atoms with Crippen molar-refractivity contribution in [3.63, 3.8) is 0 Å². The summed E-state index contributed by atoms with van der Waals surface area (Å²) in [7, 11) is 1.56. The molecule has 0 fully saturated rings. The van der Waals surface area contributed by atoms with E-state index < -0.39 is 18.3 Å². The zero-order valence-electron chi connectivity index (χ0n) is 9.11. The number of carbonyl (C=O) groups is 2. The van der Waals surface area contributed by atoms with Crippen LogP contribution in [0.2, 0.25) is 0 Å². The summed E-state index contributed by atoms with van der Waals surface area (Å²) < 4.78 is 5.06. The summed E-state index contributed by atoms with van der Waals surface area (Å²) >= 11 is 0. The van der Waals surface area contributed by atoms with Gasteiger partial charge in [-0.25, -0.2) is 0 Å². The van der Waals surface area contributed by atoms with Crippen molar-refractivity contribution in [2.75, 3.05) is 12.4 Å². The van der Waals surface area contributed by atoms with Crippen molar-refractivity contribution < 1.29 is 19.4 Å². The predicted molar refractivity (Wildman–Crippen MR) is 58.6 cm³/mol. The third-order valence-corrected chi connectivity index (χ3v) is 1.99. The summed E-state index contributed by atoms with van der Waals surface area (Å²) in [6.45, 7) is 1.84. The van der Waals surface area contributed by atoms with Crippen LogP contribution < -0.4 is 10.1 Å². The average Bonchev–Trinajstić information content (AvgIpc) is 2.16. The molecule has 0 bridgehead atoms. The molecule has 1 aromatic carbocycles. The fraction of sp³-hybridized carbons (Fsp3) is 0.273. The Bertz CT molecular complexity index is 414. The van der Waals surface area contributed by atoms with Gasteiger partial charge < -0.3 is 15.2 Å². The Balaban J connectivity index is 2.71. The summed E-state index contributed by atoms with van der Waals surface area (Å²) in [6.07, 6.45) is -0.537. The van der Waals surface area contributed by atoms with Crippen LogP contribution in [0.15, 0.2) is 18.2 Å². The first-order chi connectivity index (χ1) is 7.52. The van der Waals surface area contributed by atoms with Gasteiger partial charge in [0.15, 0.2) is 0 Å². The third-order valence-electron chi connectivity index (χ3n) is 1.99. The van der Waals surface area contributed by atoms with Crippen LogP contribution in [0.3, 0.4) is 0 Å². The van der Waals surface area contributed by atoms with Crippen LogP contribution in [-0.2, 0) is 9.59 Å². The number of hydrogen-bond donors (Lipinski definition) is 2. The van der Waals surface area contributed by atoms with Crippen LogP contribution in [0.5, 0.6) is 5.75 Å². The molecule has 0 atom stereocenters. The zero-order valence-corrected chi connectivity index (χ0v) is 9.11. The van der Waals surface area contributed by atoms with Gasteiger partial charge in [-0.15, -0.1) is 0 Å². The number of amides is 1. The van der Waals surface area contributed by atoms with Crippen LogP contribution in [-0.4, -0.2) is 24.1 Å². The van der Waals surface area contributed by atoms with Crippen molar-refractivity contribution in [1.82, 2.24) is 0 Å². The summed E-state index contributed by atoms with van der Waals surface area (Å²) in [5.74, 6) is -0.976. The highest BCUT2D eigenvalue weighted by atomic mass is 16.5. The Morgan fingerprint density at radius 2 is 2.12 bits per heavy atom. The van der Waals surface area contributed by atoms with E-state index in [-0.39, 0.29) is 0 Å². The van der Waals surface area contributed by atoms with Crippen LogP contribution >= 0.6 is 0 Å². The van der Waals surface area contributed by atoms with Crippen molar-refractivity contribution in [3.8, 4) is 5.75 Å². The molecular weight excluding hydrogens is 210 g/mol. The number of methoxy groups -OCH3 is 1. The molecule has 0 aliphatic rings. The van der Waals surface area contributed by atoms with Crippen molar-refractivity contribution in [3.05, 3.63) is 23.8 Å². The monoisotopic (exact) mass is 223 g/mol. The van der Waals surface area contributed by atoms with E-state index in [1.807, 2.05) is 6.92 Å². The van der Waals surface area contributed by atoms with Crippen molar-refractivity contribution >= 4 is 17.6 Å². The van der Waals surface area contributed by atoms with Crippen molar-refractivity contribution in [2.45, 2.75) is 13.3 Å². The molecule has 0 saturated heterocycles. The molecule has 0 aliphatic carbocycles. The second-order valence-electron chi connectivity index (χ2n) is 3.30. The van der Waals surface area contributed by atoms with E-state index in [1.54, 1.807) is 25.3 Å². The van der Waals surface area contributed by atoms with Gasteiger partial charge in [0, 0.05) is 5.69 Å². The SMILES string of the molecule is COc1ccc(NC(=O)CC(=O)O)cc1C. The molecule has 2 N–H and O–H groups in total. The number of rotatable bonds is 4. The number of ether oxygens (including phenoxy) is 1. The van der Waals surface area contributed by atoms with Gasteiger partial charge in [0.25, 0.3) is 0 Å². The summed E-state index contributed by atoms with van der Waals surface area (Å²) in [4.78, 5) is 21.5. The summed E-state index contributed by atoms with van der Waals surface area (Å²) in [5.41, 5.74) is 1.43. The molecule has 1 rings (SSSR count). The fourth-order valence-corrected chi connectivity index (χ4v) is 1.30. The molecule has 0 spiro atoms. The molecule has 1 aromatic rings. The highest BCUT2D eigenvalue weighted by Crippen LogP contribution is 2.21. The smallest absolute Gasteiger partial charge is 0.312 e. The second kappa shape index (κ2) is 5.16. The lowest BCUT2D eigenvalue weighted by Crippen LogP contribution is -2.15. The van der Waals surface area contributed by atoms with Crippen LogP contribution in [0, 0.1) is 6.92 Å². The lowest BCUT2D eigenvalue weighted by Gasteiger charge is -2.08. The molecule has 5 heteroatoms. The minimum Gasteiger partial charge on any atom is -0.496 e. The van der Waals surface area contributed by atoms with E-state index in [0.717, 1.165) is 11.3 Å². The molecule has 1 amide bonds. The maximum atomic E-state index is 11.2. The number of carbonyl (C=O) groups excluding carboxylic acids is 1. The van der Waals surface area contributed by atoms with E-state index in [1.165, 1.54) is 0 Å². The lowest BCUT2D eigenvalue weighted by molar-refractivity contribution is -0.139. The van der Waals surface area contributed by atoms with Crippen LogP contribution in [0.1, 0.15) is 12.0 Å². The molecule has 0 unspecified atom stereocenters. The van der Waals surface area contributed by atoms with E-state index in [0.29, 0.717) is 5.69 Å². The van der Waals surface area contributed by atoms with Gasteiger partial charge in [-0.3, -0.25) is 9.59 Å². The highest BCUT2D eigenvalue weighted by molar-refractivity contribution is 6.01. The first-order valence-electron chi connectivity index (χ1n) is 4.69. The number of aryl methyl sites for hydroxylation is 1. The molecule has 0 aliphatic heterocycles. The van der Waals surface area contributed by atoms with Gasteiger partial charge in [-0.2, -0.15) is 0 Å². The first-order valence-corrected chi connectivity index (χ1v) is 4.69. The maximum absolute atomic E-state index is 11.2. The molecule has 0 heterocycles. The molecule has 0 radical (unpaired) electrons. The summed E-state index contributed by atoms with van der Waals surface area (Å²) in [6, 6.07) is 5.09. The fourth-order valence-electron chi connectivity index (χ4n) is 1.30. The van der Waals surface area contributed by atoms with Crippen molar-refractivity contribution in [1.29, 1.82) is 0 Å². The van der Waals surface area contributed by atoms with Gasteiger partial charge in [0.1, 0.15) is 12.2 Å². The number of carboxylic acid groups (broad SMARTS) is 1. The molecule has 86 valence electrons. The molecular formula is C11H13NO4. The van der Waals surface area contributed by atoms with Gasteiger partial charge in [-0.1, -0.05) is 0 Å². The summed E-state index contributed by atoms with van der Waals surface area (Å²) in [5, 5.41) is 10.9. The van der Waals surface area contributed by atoms with E-state index in [9.17, 15) is 9.59 Å². The molecule has 0 aromatic heterocycles. The van der Waals surface area contributed by atoms with Gasteiger partial charge in [-0.05, 0) is 30.7 Å². The Labute approximate surface area is 93.0 Å². The van der Waals surface area contributed by atoms with Crippen LogP contribution in [0.4, 0.5) is 5.69 Å². The standard InChI is InChI=1S/C11H13NO4/c1-7-5-8(3-4-9(7)16-2)12-10(13)6-11(14)15/h3-5H,6H2,1-2H3,(H,12,13)(H,14,15). The second-order valence-corrected chi connectivity index (χ2v) is 3.30. The Morgan fingerprint density at radius 1 is 1.44 bits per heavy atom. The number of carboxylic acids is 1. The lowest BCUT2D eigenvalue weighted by atomic mass is 10.2. The van der Waals surface area contributed by atoms with Gasteiger partial charge in [0.05, 0.1) is 7.11 Å². The van der Waals surface area contributed by atoms with Crippen LogP contribution in [0.25, 0.3) is 0 Å². The predicted octanol–water partition coefficient (Wildman–Crippen LogP) is 1.42. The zero-order chi connectivity index (χ0) is 12.1. The van der Waals surface area contributed by atoms with Gasteiger partial charge in [0.2, 0.25) is 5.91 Å². The first kappa shape index (κ1) is 12.0. The quantitative estimate of drug-likeness (QED) is 0.757. The highest BCUT2D eigenvalue weighted by Gasteiger charge is 2.08. The maximum Gasteiger partial charge on any atom is 0.312 e. The largest absolute Gasteiger partial charge is 0.496 e. The Morgan fingerprint density at radius 3 is 2.62 bits per heavy atom. The van der Waals surface area contributed by atoms with E-state index in [4.69, 9.17) is 9.84 Å². The number of benzene rings is 1. The number of aliphatic carboxylic acids is 1. The molecule has 0 saturated carbocycles. The van der Waals surface area contributed by atoms with Crippen molar-refractivity contribution in [2.24, 2.45) is 0 Å². The third kappa shape index (κ3) is 3.27. The normalized spacial score (nSPS) is 9.62. The number of nitrogens with one attached hydrogen (secondary N) is 1. The minimum absolute atomic E-state index is 0.537. The van der Waals surface area contributed by atoms with E-state index >= 15 is 0 Å². The number of anilines is 1. The minimum atomic E-state index is -1.15.